The summed E-state index contributed by atoms with van der Waals surface area (Å²) >= 11 is 0. The van der Waals surface area contributed by atoms with Gasteiger partial charge in [-0.1, -0.05) is 0 Å². The maximum atomic E-state index is 12.5. The number of carbonyl (C=O) groups is 3. The zero-order chi connectivity index (χ0) is 19.7. The van der Waals surface area contributed by atoms with E-state index >= 15 is 0 Å². The third kappa shape index (κ3) is 4.28. The van der Waals surface area contributed by atoms with Crippen molar-refractivity contribution in [2.45, 2.75) is 63.8 Å². The molecule has 5 aliphatic rings. The molecule has 1 heterocycles. The Morgan fingerprint density at radius 2 is 1.46 bits per heavy atom. The van der Waals surface area contributed by atoms with E-state index < -0.39 is 0 Å². The van der Waals surface area contributed by atoms with Gasteiger partial charge in [-0.2, -0.15) is 0 Å². The molecule has 7 nitrogen and oxygen atoms in total. The maximum absolute atomic E-state index is 12.5. The Bertz CT molecular complexity index is 600. The molecule has 0 spiro atoms. The van der Waals surface area contributed by atoms with Crippen molar-refractivity contribution in [1.82, 2.24) is 20.4 Å². The van der Waals surface area contributed by atoms with Crippen LogP contribution in [-0.4, -0.2) is 65.9 Å². The van der Waals surface area contributed by atoms with Crippen LogP contribution in [0.25, 0.3) is 0 Å². The van der Waals surface area contributed by atoms with E-state index in [0.717, 1.165) is 43.4 Å². The van der Waals surface area contributed by atoms with Gasteiger partial charge in [-0.15, -0.1) is 0 Å². The van der Waals surface area contributed by atoms with Crippen LogP contribution in [0.4, 0.5) is 4.79 Å². The lowest BCUT2D eigenvalue weighted by Crippen LogP contribution is -2.61. The minimum absolute atomic E-state index is 0.00375. The first-order chi connectivity index (χ1) is 13.4. The lowest BCUT2D eigenvalue weighted by Gasteiger charge is -2.56. The third-order valence-electron chi connectivity index (χ3n) is 7.34. The van der Waals surface area contributed by atoms with Gasteiger partial charge in [-0.25, -0.2) is 4.79 Å². The van der Waals surface area contributed by atoms with E-state index in [1.165, 1.54) is 19.3 Å². The van der Waals surface area contributed by atoms with Crippen molar-refractivity contribution < 1.29 is 14.4 Å². The predicted molar refractivity (Wildman–Crippen MR) is 106 cm³/mol. The molecule has 28 heavy (non-hydrogen) atoms. The quantitative estimate of drug-likeness (QED) is 0.767. The van der Waals surface area contributed by atoms with Crippen LogP contribution in [0.1, 0.15) is 58.3 Å². The van der Waals surface area contributed by atoms with Gasteiger partial charge in [0.05, 0.1) is 0 Å². The summed E-state index contributed by atoms with van der Waals surface area (Å²) in [4.78, 5) is 40.1. The minimum atomic E-state index is -0.117. The summed E-state index contributed by atoms with van der Waals surface area (Å²) in [7, 11) is 0. The van der Waals surface area contributed by atoms with Gasteiger partial charge < -0.3 is 20.4 Å². The second-order valence-electron chi connectivity index (χ2n) is 9.57. The third-order valence-corrected chi connectivity index (χ3v) is 7.34. The summed E-state index contributed by atoms with van der Waals surface area (Å²) in [5, 5.41) is 6.20. The lowest BCUT2D eigenvalue weighted by atomic mass is 9.53. The topological polar surface area (TPSA) is 81.8 Å². The van der Waals surface area contributed by atoms with Gasteiger partial charge in [-0.05, 0) is 62.7 Å². The highest BCUT2D eigenvalue weighted by atomic mass is 16.2. The molecular weight excluding hydrogens is 356 g/mol. The van der Waals surface area contributed by atoms with Crippen LogP contribution >= 0.6 is 0 Å². The summed E-state index contributed by atoms with van der Waals surface area (Å²) in [5.41, 5.74) is 0.00375. The average molecular weight is 391 g/mol. The Morgan fingerprint density at radius 3 is 2.07 bits per heavy atom. The van der Waals surface area contributed by atoms with Gasteiger partial charge in [0, 0.05) is 51.6 Å². The van der Waals surface area contributed by atoms with E-state index in [2.05, 4.69) is 10.6 Å². The van der Waals surface area contributed by atoms with Gasteiger partial charge in [-0.3, -0.25) is 9.59 Å². The van der Waals surface area contributed by atoms with Crippen molar-refractivity contribution in [1.29, 1.82) is 0 Å². The first-order valence-electron chi connectivity index (χ1n) is 11.0. The Balaban J connectivity index is 1.19. The highest BCUT2D eigenvalue weighted by Gasteiger charge is 2.51. The van der Waals surface area contributed by atoms with E-state index in [-0.39, 0.29) is 23.4 Å². The number of nitrogens with one attached hydrogen (secondary N) is 2. The summed E-state index contributed by atoms with van der Waals surface area (Å²) in [6.45, 7) is 4.51. The molecule has 1 saturated heterocycles. The summed E-state index contributed by atoms with van der Waals surface area (Å²) < 4.78 is 0. The Morgan fingerprint density at radius 1 is 0.893 bits per heavy atom. The Hall–Kier alpha value is -1.79. The molecule has 0 atom stereocenters. The van der Waals surface area contributed by atoms with Crippen LogP contribution in [0.2, 0.25) is 0 Å². The fourth-order valence-electron chi connectivity index (χ4n) is 6.47. The normalized spacial score (nSPS) is 34.1. The van der Waals surface area contributed by atoms with Crippen LogP contribution in [0.3, 0.4) is 0 Å². The maximum Gasteiger partial charge on any atom is 0.315 e. The minimum Gasteiger partial charge on any atom is -0.341 e. The molecule has 4 aliphatic carbocycles. The molecular formula is C21H34N4O3. The molecule has 0 aromatic heterocycles. The van der Waals surface area contributed by atoms with Gasteiger partial charge in [0.25, 0.3) is 0 Å². The first kappa shape index (κ1) is 19.5. The van der Waals surface area contributed by atoms with Crippen molar-refractivity contribution in [3.63, 3.8) is 0 Å². The predicted octanol–water partition coefficient (Wildman–Crippen LogP) is 1.73. The number of carbonyl (C=O) groups excluding carboxylic acids is 3. The fraction of sp³-hybridized carbons (Fsp3) is 0.857. The van der Waals surface area contributed by atoms with Crippen LogP contribution in [0.15, 0.2) is 0 Å². The second-order valence-corrected chi connectivity index (χ2v) is 9.57. The molecule has 156 valence electrons. The molecule has 7 heteroatoms. The van der Waals surface area contributed by atoms with Crippen LogP contribution < -0.4 is 10.6 Å². The standard InChI is InChI=1S/C21H34N4O3/c1-15(26)24-5-2-6-25(8-7-24)19(27)3-4-22-20(28)23-21-12-16-9-17(13-21)11-18(10-16)14-21/h16-18H,2-14H2,1H3,(H2,22,23,28). The second kappa shape index (κ2) is 7.91. The molecule has 5 rings (SSSR count). The SMILES string of the molecule is CC(=O)N1CCCN(C(=O)CCNC(=O)NC23CC4CC(CC(C4)C2)C3)CC1. The molecule has 4 amide bonds. The van der Waals surface area contributed by atoms with Crippen molar-refractivity contribution >= 4 is 17.8 Å². The smallest absolute Gasteiger partial charge is 0.315 e. The monoisotopic (exact) mass is 390 g/mol. The first-order valence-corrected chi connectivity index (χ1v) is 11.0. The zero-order valence-electron chi connectivity index (χ0n) is 17.0. The average Bonchev–Trinajstić information content (AvgIpc) is 2.86. The highest BCUT2D eigenvalue weighted by molar-refractivity contribution is 5.79. The van der Waals surface area contributed by atoms with Crippen LogP contribution in [0.5, 0.6) is 0 Å². The van der Waals surface area contributed by atoms with Crippen molar-refractivity contribution in [2.75, 3.05) is 32.7 Å². The van der Waals surface area contributed by atoms with Gasteiger partial charge in [0.15, 0.2) is 0 Å². The number of rotatable bonds is 4. The summed E-state index contributed by atoms with van der Waals surface area (Å²) in [6.07, 6.45) is 8.58. The van der Waals surface area contributed by atoms with Gasteiger partial charge >= 0.3 is 6.03 Å². The summed E-state index contributed by atoms with van der Waals surface area (Å²) in [6, 6.07) is -0.117. The van der Waals surface area contributed by atoms with Crippen molar-refractivity contribution in [3.05, 3.63) is 0 Å². The molecule has 1 aliphatic heterocycles. The molecule has 2 N–H and O–H groups in total. The number of urea groups is 1. The molecule has 0 unspecified atom stereocenters. The van der Waals surface area contributed by atoms with Crippen LogP contribution in [0, 0.1) is 17.8 Å². The Kier molecular flexibility index (Phi) is 5.52. The van der Waals surface area contributed by atoms with Crippen molar-refractivity contribution in [3.8, 4) is 0 Å². The van der Waals surface area contributed by atoms with E-state index in [1.807, 2.05) is 4.90 Å². The molecule has 0 radical (unpaired) electrons. The number of nitrogens with zero attached hydrogens (tertiary/aromatic N) is 2. The molecule has 5 fully saturated rings. The zero-order valence-corrected chi connectivity index (χ0v) is 17.0. The number of hydrogen-bond donors (Lipinski definition) is 2. The van der Waals surface area contributed by atoms with Crippen molar-refractivity contribution in [2.24, 2.45) is 17.8 Å². The Labute approximate surface area is 167 Å². The van der Waals surface area contributed by atoms with E-state index in [0.29, 0.717) is 39.1 Å². The van der Waals surface area contributed by atoms with Crippen LogP contribution in [-0.2, 0) is 9.59 Å². The molecule has 4 bridgehead atoms. The number of amides is 4. The highest BCUT2D eigenvalue weighted by Crippen LogP contribution is 2.55. The van der Waals surface area contributed by atoms with Gasteiger partial charge in [0.1, 0.15) is 0 Å². The fourth-order valence-corrected chi connectivity index (χ4v) is 6.47. The molecule has 0 aromatic carbocycles. The lowest BCUT2D eigenvalue weighted by molar-refractivity contribution is -0.132. The van der Waals surface area contributed by atoms with E-state index in [9.17, 15) is 14.4 Å². The summed E-state index contributed by atoms with van der Waals surface area (Å²) in [5.74, 6) is 2.51. The molecule has 0 aromatic rings. The number of hydrogen-bond acceptors (Lipinski definition) is 3. The van der Waals surface area contributed by atoms with Gasteiger partial charge in [0.2, 0.25) is 11.8 Å². The molecule has 4 saturated carbocycles. The van der Waals surface area contributed by atoms with E-state index in [4.69, 9.17) is 0 Å². The largest absolute Gasteiger partial charge is 0.341 e. The van der Waals surface area contributed by atoms with E-state index in [1.54, 1.807) is 11.8 Å².